The lowest BCUT2D eigenvalue weighted by atomic mass is 10.2. The third-order valence-corrected chi connectivity index (χ3v) is 4.47. The smallest absolute Gasteiger partial charge is 0.272 e. The Balaban J connectivity index is 1.88. The average molecular weight is 401 g/mol. The zero-order valence-electron chi connectivity index (χ0n) is 14.4. The molecule has 0 aliphatic carbocycles. The van der Waals surface area contributed by atoms with Crippen molar-refractivity contribution in [1.82, 2.24) is 4.98 Å². The van der Waals surface area contributed by atoms with E-state index in [1.165, 1.54) is 12.3 Å². The van der Waals surface area contributed by atoms with Crippen LogP contribution in [0.15, 0.2) is 52.6 Å². The number of nitrogens with one attached hydrogen (secondary N) is 2. The van der Waals surface area contributed by atoms with Crippen LogP contribution in [0.25, 0.3) is 5.82 Å². The molecule has 0 amide bonds. The first-order valence-corrected chi connectivity index (χ1v) is 8.60. The summed E-state index contributed by atoms with van der Waals surface area (Å²) in [6.07, 6.45) is 4.90. The summed E-state index contributed by atoms with van der Waals surface area (Å²) >= 11 is 0.921. The van der Waals surface area contributed by atoms with Gasteiger partial charge in [0, 0.05) is 6.07 Å². The largest absolute Gasteiger partial charge is 0.390 e. The number of aromatic nitrogens is 2. The fourth-order valence-corrected chi connectivity index (χ4v) is 3.01. The number of anilines is 1. The monoisotopic (exact) mass is 401 g/mol. The van der Waals surface area contributed by atoms with E-state index in [0.29, 0.717) is 10.7 Å². The number of aromatic amines is 1. The Morgan fingerprint density at radius 1 is 1.18 bits per heavy atom. The van der Waals surface area contributed by atoms with Gasteiger partial charge in [0.15, 0.2) is 0 Å². The van der Waals surface area contributed by atoms with Gasteiger partial charge >= 0.3 is 16.4 Å². The number of aryl methyl sites for hydroxylation is 1. The van der Waals surface area contributed by atoms with Crippen molar-refractivity contribution >= 4 is 34.6 Å². The number of nitro benzene ring substituents is 2. The highest BCUT2D eigenvalue weighted by Gasteiger charge is 2.20. The van der Waals surface area contributed by atoms with Crippen LogP contribution >= 0.6 is 11.3 Å². The Kier molecular flexibility index (Phi) is 5.22. The van der Waals surface area contributed by atoms with Crippen molar-refractivity contribution in [3.63, 3.8) is 0 Å². The second-order valence-electron chi connectivity index (χ2n) is 5.60. The fourth-order valence-electron chi connectivity index (χ4n) is 2.30. The number of thiazole rings is 1. The van der Waals surface area contributed by atoms with E-state index in [-0.39, 0.29) is 10.6 Å². The summed E-state index contributed by atoms with van der Waals surface area (Å²) in [6, 6.07) is 6.92. The topological polar surface area (TPSA) is 147 Å². The molecule has 0 radical (unpaired) electrons. The van der Waals surface area contributed by atoms with Crippen LogP contribution in [-0.4, -0.2) is 21.0 Å². The number of H-pyrrole nitrogens is 1. The molecule has 12 heteroatoms. The second kappa shape index (κ2) is 7.75. The third-order valence-electron chi connectivity index (χ3n) is 3.67. The molecular formula is C16H13N6O5S+. The molecule has 0 saturated heterocycles. The predicted octanol–water partition coefficient (Wildman–Crippen LogP) is 2.28. The van der Waals surface area contributed by atoms with Gasteiger partial charge in [0.1, 0.15) is 10.6 Å². The maximum Gasteiger partial charge on any atom is 0.390 e. The van der Waals surface area contributed by atoms with Gasteiger partial charge in [-0.25, -0.2) is 9.36 Å². The number of benzene rings is 1. The van der Waals surface area contributed by atoms with E-state index in [1.54, 1.807) is 17.0 Å². The summed E-state index contributed by atoms with van der Waals surface area (Å²) in [4.78, 5) is 35.1. The lowest BCUT2D eigenvalue weighted by Crippen LogP contribution is -2.31. The molecule has 28 heavy (non-hydrogen) atoms. The summed E-state index contributed by atoms with van der Waals surface area (Å²) < 4.78 is 1.71. The van der Waals surface area contributed by atoms with Gasteiger partial charge in [0.05, 0.1) is 34.5 Å². The molecular weight excluding hydrogens is 388 g/mol. The van der Waals surface area contributed by atoms with Gasteiger partial charge in [0.2, 0.25) is 0 Å². The van der Waals surface area contributed by atoms with E-state index in [9.17, 15) is 25.0 Å². The lowest BCUT2D eigenvalue weighted by Gasteiger charge is -2.01. The molecule has 1 aromatic carbocycles. The molecule has 0 saturated carbocycles. The van der Waals surface area contributed by atoms with Gasteiger partial charge in [-0.1, -0.05) is 0 Å². The summed E-state index contributed by atoms with van der Waals surface area (Å²) in [6.45, 7) is 1.93. The number of hydrazone groups is 1. The normalized spacial score (nSPS) is 10.9. The Morgan fingerprint density at radius 3 is 2.54 bits per heavy atom. The predicted molar refractivity (Wildman–Crippen MR) is 102 cm³/mol. The summed E-state index contributed by atoms with van der Waals surface area (Å²) in [5.74, 6) is 0.499. The third kappa shape index (κ3) is 4.07. The molecule has 11 nitrogen and oxygen atoms in total. The van der Waals surface area contributed by atoms with E-state index in [1.807, 2.05) is 19.1 Å². The van der Waals surface area contributed by atoms with Crippen molar-refractivity contribution in [2.75, 3.05) is 5.43 Å². The summed E-state index contributed by atoms with van der Waals surface area (Å²) in [7, 11) is 0. The number of nitrogens with zero attached hydrogens (tertiary/aromatic N) is 4. The zero-order chi connectivity index (χ0) is 20.3. The standard InChI is InChI=1S/C16H12N6O5S/c1-10-4-6-20(7-5-10)15-14(28-16(23)18-15)9-17-19-12-3-2-11(21(24)25)8-13(12)22(26)27/h2-9,19H,1H3/p+1. The van der Waals surface area contributed by atoms with Crippen molar-refractivity contribution in [1.29, 1.82) is 0 Å². The molecule has 0 bridgehead atoms. The van der Waals surface area contributed by atoms with Gasteiger partial charge in [-0.05, 0) is 42.0 Å². The number of rotatable bonds is 6. The van der Waals surface area contributed by atoms with Gasteiger partial charge in [0.25, 0.3) is 5.69 Å². The van der Waals surface area contributed by atoms with Crippen LogP contribution in [0, 0.1) is 27.2 Å². The molecule has 0 atom stereocenters. The molecule has 2 heterocycles. The van der Waals surface area contributed by atoms with Gasteiger partial charge < -0.3 is 0 Å². The molecule has 0 aliphatic heterocycles. The van der Waals surface area contributed by atoms with Crippen molar-refractivity contribution in [2.24, 2.45) is 5.10 Å². The van der Waals surface area contributed by atoms with Crippen LogP contribution in [0.2, 0.25) is 0 Å². The van der Waals surface area contributed by atoms with Crippen LogP contribution < -0.4 is 14.9 Å². The van der Waals surface area contributed by atoms with E-state index in [4.69, 9.17) is 0 Å². The molecule has 2 aromatic heterocycles. The van der Waals surface area contributed by atoms with Crippen molar-refractivity contribution in [3.8, 4) is 5.82 Å². The molecule has 142 valence electrons. The Bertz CT molecular complexity index is 1140. The highest BCUT2D eigenvalue weighted by molar-refractivity contribution is 7.11. The maximum atomic E-state index is 11.7. The van der Waals surface area contributed by atoms with E-state index in [2.05, 4.69) is 15.5 Å². The summed E-state index contributed by atoms with van der Waals surface area (Å²) in [5, 5.41) is 25.9. The van der Waals surface area contributed by atoms with E-state index in [0.717, 1.165) is 29.0 Å². The van der Waals surface area contributed by atoms with Crippen molar-refractivity contribution in [3.05, 3.63) is 83.1 Å². The number of non-ortho nitro benzene ring substituents is 1. The van der Waals surface area contributed by atoms with Gasteiger partial charge in [-0.15, -0.1) is 0 Å². The van der Waals surface area contributed by atoms with Gasteiger partial charge in [-0.3, -0.25) is 25.7 Å². The SMILES string of the molecule is Cc1cc[n+](-c2[nH]c(=O)sc2/C=N/Nc2ccc([N+](=O)[O-])cc2[N+](=O)[O-])cc1. The molecule has 0 fully saturated rings. The molecule has 0 spiro atoms. The number of pyridine rings is 1. The Labute approximate surface area is 160 Å². The molecule has 2 N–H and O–H groups in total. The van der Waals surface area contributed by atoms with Gasteiger partial charge in [-0.2, -0.15) is 10.1 Å². The van der Waals surface area contributed by atoms with Crippen LogP contribution in [0.1, 0.15) is 10.4 Å². The number of hydrogen-bond acceptors (Lipinski definition) is 8. The van der Waals surface area contributed by atoms with E-state index >= 15 is 0 Å². The lowest BCUT2D eigenvalue weighted by molar-refractivity contribution is -0.599. The first kappa shape index (κ1) is 18.8. The molecule has 0 aliphatic rings. The van der Waals surface area contributed by atoms with Crippen LogP contribution in [0.3, 0.4) is 0 Å². The quantitative estimate of drug-likeness (QED) is 0.280. The fraction of sp³-hybridized carbons (Fsp3) is 0.0625. The van der Waals surface area contributed by atoms with Crippen LogP contribution in [-0.2, 0) is 0 Å². The second-order valence-corrected chi connectivity index (χ2v) is 6.61. The van der Waals surface area contributed by atoms with Crippen LogP contribution in [0.4, 0.5) is 17.1 Å². The first-order chi connectivity index (χ1) is 13.3. The molecule has 0 unspecified atom stereocenters. The molecule has 3 rings (SSSR count). The summed E-state index contributed by atoms with van der Waals surface area (Å²) in [5.41, 5.74) is 2.65. The Morgan fingerprint density at radius 2 is 1.89 bits per heavy atom. The minimum Gasteiger partial charge on any atom is -0.272 e. The highest BCUT2D eigenvalue weighted by Crippen LogP contribution is 2.28. The minimum absolute atomic E-state index is 0.0146. The Hall–Kier alpha value is -3.93. The van der Waals surface area contributed by atoms with Crippen molar-refractivity contribution in [2.45, 2.75) is 6.92 Å². The number of hydrogen-bond donors (Lipinski definition) is 2. The highest BCUT2D eigenvalue weighted by atomic mass is 32.1. The minimum atomic E-state index is -0.743. The zero-order valence-corrected chi connectivity index (χ0v) is 15.2. The first-order valence-electron chi connectivity index (χ1n) is 7.78. The van der Waals surface area contributed by atoms with E-state index < -0.39 is 21.2 Å². The average Bonchev–Trinajstić information content (AvgIpc) is 3.02. The van der Waals surface area contributed by atoms with Crippen LogP contribution in [0.5, 0.6) is 0 Å². The number of nitro groups is 2. The molecule has 3 aromatic rings. The van der Waals surface area contributed by atoms with Crippen molar-refractivity contribution < 1.29 is 14.4 Å². The maximum absolute atomic E-state index is 11.7.